The molecule has 1 fully saturated rings. The zero-order valence-electron chi connectivity index (χ0n) is 10.6. The van der Waals surface area contributed by atoms with Crippen molar-refractivity contribution >= 4 is 23.2 Å². The van der Waals surface area contributed by atoms with Crippen LogP contribution < -0.4 is 4.90 Å². The maximum atomic E-state index is 11.6. The van der Waals surface area contributed by atoms with Crippen molar-refractivity contribution in [3.05, 3.63) is 28.8 Å². The van der Waals surface area contributed by atoms with Crippen molar-refractivity contribution in [3.63, 3.8) is 0 Å². The lowest BCUT2D eigenvalue weighted by Gasteiger charge is -2.33. The van der Waals surface area contributed by atoms with Crippen molar-refractivity contribution in [1.82, 2.24) is 4.90 Å². The summed E-state index contributed by atoms with van der Waals surface area (Å²) in [6, 6.07) is 5.51. The molecule has 1 saturated heterocycles. The number of aliphatic hydroxyl groups excluding tert-OH is 1. The lowest BCUT2D eigenvalue weighted by atomic mass is 10.1. The highest BCUT2D eigenvalue weighted by atomic mass is 35.5. The van der Waals surface area contributed by atoms with E-state index in [4.69, 9.17) is 11.6 Å². The van der Waals surface area contributed by atoms with Crippen LogP contribution in [0.4, 0.5) is 5.69 Å². The molecule has 0 saturated carbocycles. The van der Waals surface area contributed by atoms with Gasteiger partial charge in [0.15, 0.2) is 0 Å². The molecule has 0 aromatic heterocycles. The van der Waals surface area contributed by atoms with Gasteiger partial charge in [0.2, 0.25) is 5.91 Å². The number of hydrogen-bond acceptors (Lipinski definition) is 3. The van der Waals surface area contributed by atoms with Crippen LogP contribution in [-0.4, -0.2) is 42.6 Å². The molecule has 18 heavy (non-hydrogen) atoms. The van der Waals surface area contributed by atoms with Gasteiger partial charge in [-0.3, -0.25) is 4.79 Å². The number of piperazine rings is 1. The van der Waals surface area contributed by atoms with Crippen molar-refractivity contribution in [3.8, 4) is 0 Å². The minimum absolute atomic E-state index is 0.108. The molecule has 98 valence electrons. The SMILES string of the molecule is C[C@@H](O)c1ccc(N2CCN(C)C(=O)C2)cc1Cl. The summed E-state index contributed by atoms with van der Waals surface area (Å²) >= 11 is 6.13. The molecule has 2 rings (SSSR count). The van der Waals surface area contributed by atoms with Gasteiger partial charge in [0.25, 0.3) is 0 Å². The number of anilines is 1. The van der Waals surface area contributed by atoms with Crippen molar-refractivity contribution in [2.24, 2.45) is 0 Å². The Morgan fingerprint density at radius 1 is 1.39 bits per heavy atom. The monoisotopic (exact) mass is 268 g/mol. The molecule has 1 aromatic rings. The number of hydrogen-bond donors (Lipinski definition) is 1. The van der Waals surface area contributed by atoms with Crippen LogP contribution in [0.25, 0.3) is 0 Å². The minimum atomic E-state index is -0.583. The Kier molecular flexibility index (Phi) is 3.78. The third-order valence-corrected chi connectivity index (χ3v) is 3.58. The van der Waals surface area contributed by atoms with E-state index in [2.05, 4.69) is 0 Å². The lowest BCUT2D eigenvalue weighted by Crippen LogP contribution is -2.48. The van der Waals surface area contributed by atoms with E-state index in [1.54, 1.807) is 11.8 Å². The molecule has 0 spiro atoms. The van der Waals surface area contributed by atoms with Gasteiger partial charge in [-0.15, -0.1) is 0 Å². The number of nitrogens with zero attached hydrogens (tertiary/aromatic N) is 2. The molecule has 1 heterocycles. The lowest BCUT2D eigenvalue weighted by molar-refractivity contribution is -0.129. The first-order chi connectivity index (χ1) is 8.49. The number of carbonyl (C=O) groups is 1. The Morgan fingerprint density at radius 2 is 2.11 bits per heavy atom. The first-order valence-electron chi connectivity index (χ1n) is 5.95. The average molecular weight is 269 g/mol. The van der Waals surface area contributed by atoms with Crippen molar-refractivity contribution in [2.45, 2.75) is 13.0 Å². The van der Waals surface area contributed by atoms with E-state index in [1.807, 2.05) is 30.1 Å². The Labute approximate surface area is 112 Å². The number of rotatable bonds is 2. The summed E-state index contributed by atoms with van der Waals surface area (Å²) in [7, 11) is 1.81. The Bertz CT molecular complexity index is 462. The quantitative estimate of drug-likeness (QED) is 0.887. The van der Waals surface area contributed by atoms with Gasteiger partial charge in [-0.2, -0.15) is 0 Å². The van der Waals surface area contributed by atoms with Crippen LogP contribution in [-0.2, 0) is 4.79 Å². The molecule has 1 N–H and O–H groups in total. The summed E-state index contributed by atoms with van der Waals surface area (Å²) in [4.78, 5) is 15.4. The van der Waals surface area contributed by atoms with Crippen LogP contribution in [0, 0.1) is 0 Å². The third kappa shape index (κ3) is 2.60. The second kappa shape index (κ2) is 5.16. The van der Waals surface area contributed by atoms with E-state index >= 15 is 0 Å². The smallest absolute Gasteiger partial charge is 0.241 e. The summed E-state index contributed by atoms with van der Waals surface area (Å²) < 4.78 is 0. The molecule has 0 radical (unpaired) electrons. The molecule has 1 atom stereocenters. The molecule has 4 nitrogen and oxygen atoms in total. The van der Waals surface area contributed by atoms with Gasteiger partial charge in [-0.25, -0.2) is 0 Å². The van der Waals surface area contributed by atoms with Crippen molar-refractivity contribution in [2.75, 3.05) is 31.6 Å². The van der Waals surface area contributed by atoms with Crippen LogP contribution >= 0.6 is 11.6 Å². The van der Waals surface area contributed by atoms with Crippen LogP contribution in [0.1, 0.15) is 18.6 Å². The summed E-state index contributed by atoms with van der Waals surface area (Å²) in [6.07, 6.45) is -0.583. The Morgan fingerprint density at radius 3 is 2.67 bits per heavy atom. The largest absolute Gasteiger partial charge is 0.389 e. The predicted octanol–water partition coefficient (Wildman–Crippen LogP) is 1.67. The fourth-order valence-electron chi connectivity index (χ4n) is 2.03. The topological polar surface area (TPSA) is 43.8 Å². The van der Waals surface area contributed by atoms with Crippen molar-refractivity contribution in [1.29, 1.82) is 0 Å². The number of carbonyl (C=O) groups excluding carboxylic acids is 1. The number of benzene rings is 1. The van der Waals surface area contributed by atoms with Crippen LogP contribution in [0.2, 0.25) is 5.02 Å². The van der Waals surface area contributed by atoms with Gasteiger partial charge >= 0.3 is 0 Å². The van der Waals surface area contributed by atoms with Gasteiger partial charge in [0.05, 0.1) is 12.6 Å². The fourth-order valence-corrected chi connectivity index (χ4v) is 2.36. The molecule has 0 aliphatic carbocycles. The summed E-state index contributed by atoms with van der Waals surface area (Å²) in [6.45, 7) is 3.57. The second-order valence-electron chi connectivity index (χ2n) is 4.62. The van der Waals surface area contributed by atoms with E-state index in [1.165, 1.54) is 0 Å². The highest BCUT2D eigenvalue weighted by Gasteiger charge is 2.21. The van der Waals surface area contributed by atoms with E-state index < -0.39 is 6.10 Å². The van der Waals surface area contributed by atoms with Gasteiger partial charge in [0, 0.05) is 30.8 Å². The summed E-state index contributed by atoms with van der Waals surface area (Å²) in [5, 5.41) is 10.1. The number of aliphatic hydroxyl groups is 1. The highest BCUT2D eigenvalue weighted by molar-refractivity contribution is 6.31. The molecular formula is C13H17ClN2O2. The zero-order chi connectivity index (χ0) is 13.3. The third-order valence-electron chi connectivity index (χ3n) is 3.26. The zero-order valence-corrected chi connectivity index (χ0v) is 11.3. The van der Waals surface area contributed by atoms with Gasteiger partial charge < -0.3 is 14.9 Å². The van der Waals surface area contributed by atoms with E-state index in [-0.39, 0.29) is 5.91 Å². The molecule has 0 unspecified atom stereocenters. The minimum Gasteiger partial charge on any atom is -0.389 e. The van der Waals surface area contributed by atoms with Crippen LogP contribution in [0.5, 0.6) is 0 Å². The van der Waals surface area contributed by atoms with Gasteiger partial charge in [0.1, 0.15) is 0 Å². The summed E-state index contributed by atoms with van der Waals surface area (Å²) in [5.74, 6) is 0.108. The van der Waals surface area contributed by atoms with E-state index in [0.29, 0.717) is 23.7 Å². The van der Waals surface area contributed by atoms with Gasteiger partial charge in [-0.1, -0.05) is 17.7 Å². The highest BCUT2D eigenvalue weighted by Crippen LogP contribution is 2.28. The normalized spacial score (nSPS) is 18.1. The molecular weight excluding hydrogens is 252 g/mol. The predicted molar refractivity (Wildman–Crippen MR) is 71.9 cm³/mol. The first-order valence-corrected chi connectivity index (χ1v) is 6.33. The molecule has 1 amide bonds. The second-order valence-corrected chi connectivity index (χ2v) is 5.03. The standard InChI is InChI=1S/C13H17ClN2O2/c1-9(17)11-4-3-10(7-12(11)14)16-6-5-15(2)13(18)8-16/h3-4,7,9,17H,5-6,8H2,1-2H3/t9-/m1/s1. The molecule has 1 aliphatic heterocycles. The average Bonchev–Trinajstić information content (AvgIpc) is 2.32. The van der Waals surface area contributed by atoms with Crippen LogP contribution in [0.3, 0.4) is 0 Å². The number of likely N-dealkylation sites (N-methyl/N-ethyl adjacent to an activating group) is 1. The van der Waals surface area contributed by atoms with Crippen LogP contribution in [0.15, 0.2) is 18.2 Å². The summed E-state index contributed by atoms with van der Waals surface area (Å²) in [5.41, 5.74) is 1.63. The molecule has 1 aliphatic rings. The van der Waals surface area contributed by atoms with E-state index in [0.717, 1.165) is 12.2 Å². The maximum absolute atomic E-state index is 11.6. The fraction of sp³-hybridized carbons (Fsp3) is 0.462. The molecule has 5 heteroatoms. The van der Waals surface area contributed by atoms with Crippen molar-refractivity contribution < 1.29 is 9.90 Å². The Balaban J connectivity index is 2.19. The Hall–Kier alpha value is -1.26. The van der Waals surface area contributed by atoms with Gasteiger partial charge in [-0.05, 0) is 24.6 Å². The number of amides is 1. The molecule has 1 aromatic carbocycles. The van der Waals surface area contributed by atoms with E-state index in [9.17, 15) is 9.90 Å². The molecule has 0 bridgehead atoms. The number of halogens is 1. The maximum Gasteiger partial charge on any atom is 0.241 e. The first kappa shape index (κ1) is 13.2.